The minimum atomic E-state index is -0.551. The van der Waals surface area contributed by atoms with E-state index in [1.165, 1.54) is 19.3 Å². The fourth-order valence-corrected chi connectivity index (χ4v) is 6.38. The van der Waals surface area contributed by atoms with Crippen LogP contribution in [0.1, 0.15) is 62.7 Å². The molecular formula is C25H35N3O3. The molecular weight excluding hydrogens is 390 g/mol. The molecule has 1 aromatic carbocycles. The summed E-state index contributed by atoms with van der Waals surface area (Å²) in [6, 6.07) is 8.45. The quantitative estimate of drug-likeness (QED) is 0.560. The van der Waals surface area contributed by atoms with Gasteiger partial charge in [-0.15, -0.1) is 0 Å². The van der Waals surface area contributed by atoms with Gasteiger partial charge in [-0.05, 0) is 74.3 Å². The van der Waals surface area contributed by atoms with Gasteiger partial charge in [0.1, 0.15) is 6.04 Å². The van der Waals surface area contributed by atoms with E-state index in [4.69, 9.17) is 0 Å². The molecule has 3 N–H and O–H groups in total. The van der Waals surface area contributed by atoms with E-state index < -0.39 is 6.04 Å². The first-order chi connectivity index (χ1) is 14.9. The highest BCUT2D eigenvalue weighted by Crippen LogP contribution is 2.60. The van der Waals surface area contributed by atoms with E-state index in [1.54, 1.807) is 12.1 Å². The number of carbonyl (C=O) groups is 3. The molecule has 168 valence electrons. The van der Waals surface area contributed by atoms with Crippen molar-refractivity contribution in [2.45, 2.75) is 58.4 Å². The van der Waals surface area contributed by atoms with Crippen LogP contribution in [0.5, 0.6) is 0 Å². The van der Waals surface area contributed by atoms with Crippen molar-refractivity contribution >= 4 is 17.7 Å². The largest absolute Gasteiger partial charge is 0.353 e. The maximum absolute atomic E-state index is 13.3. The summed E-state index contributed by atoms with van der Waals surface area (Å²) in [4.78, 5) is 38.3. The van der Waals surface area contributed by atoms with Crippen molar-refractivity contribution in [2.24, 2.45) is 29.1 Å². The predicted octanol–water partition coefficient (Wildman–Crippen LogP) is 2.89. The summed E-state index contributed by atoms with van der Waals surface area (Å²) in [7, 11) is 0. The Hall–Kier alpha value is -2.37. The van der Waals surface area contributed by atoms with Crippen LogP contribution < -0.4 is 16.0 Å². The molecule has 4 bridgehead atoms. The van der Waals surface area contributed by atoms with Crippen molar-refractivity contribution in [2.75, 3.05) is 13.1 Å². The van der Waals surface area contributed by atoms with Gasteiger partial charge in [0.05, 0.1) is 0 Å². The van der Waals surface area contributed by atoms with Crippen molar-refractivity contribution in [3.8, 4) is 0 Å². The molecule has 1 atom stereocenters. The third kappa shape index (κ3) is 4.78. The van der Waals surface area contributed by atoms with Crippen LogP contribution in [0.3, 0.4) is 0 Å². The van der Waals surface area contributed by atoms with Gasteiger partial charge in [-0.1, -0.05) is 32.0 Å². The van der Waals surface area contributed by atoms with Crippen LogP contribution >= 0.6 is 0 Å². The third-order valence-corrected chi connectivity index (χ3v) is 7.50. The molecule has 31 heavy (non-hydrogen) atoms. The summed E-state index contributed by atoms with van der Waals surface area (Å²) in [5, 5.41) is 8.80. The van der Waals surface area contributed by atoms with Gasteiger partial charge in [0.25, 0.3) is 5.91 Å². The van der Waals surface area contributed by atoms with Gasteiger partial charge in [0, 0.05) is 24.1 Å². The zero-order chi connectivity index (χ0) is 22.0. The molecule has 4 saturated carbocycles. The van der Waals surface area contributed by atoms with E-state index in [9.17, 15) is 14.4 Å². The summed E-state index contributed by atoms with van der Waals surface area (Å²) in [6.07, 6.45) is 6.83. The Morgan fingerprint density at radius 1 is 0.903 bits per heavy atom. The number of hydrogen-bond donors (Lipinski definition) is 3. The Bertz CT molecular complexity index is 785. The second-order valence-electron chi connectivity index (χ2n) is 10.3. The highest BCUT2D eigenvalue weighted by Gasteiger charge is 2.55. The number of rotatable bonds is 8. The van der Waals surface area contributed by atoms with Crippen molar-refractivity contribution in [1.29, 1.82) is 0 Å². The molecule has 6 heteroatoms. The molecule has 0 spiro atoms. The molecule has 4 fully saturated rings. The number of hydrogen-bond acceptors (Lipinski definition) is 3. The van der Waals surface area contributed by atoms with E-state index in [0.717, 1.165) is 19.3 Å². The van der Waals surface area contributed by atoms with Crippen LogP contribution in [0.15, 0.2) is 30.3 Å². The second kappa shape index (κ2) is 9.01. The Balaban J connectivity index is 1.28. The lowest BCUT2D eigenvalue weighted by Gasteiger charge is -2.55. The van der Waals surface area contributed by atoms with E-state index in [-0.39, 0.29) is 29.1 Å². The zero-order valence-electron chi connectivity index (χ0n) is 18.7. The number of carbonyl (C=O) groups excluding carboxylic acids is 3. The molecule has 1 aromatic rings. The predicted molar refractivity (Wildman–Crippen MR) is 119 cm³/mol. The van der Waals surface area contributed by atoms with E-state index in [1.807, 2.05) is 32.0 Å². The lowest BCUT2D eigenvalue weighted by atomic mass is 9.49. The molecule has 4 aliphatic carbocycles. The first-order valence-electron chi connectivity index (χ1n) is 11.8. The van der Waals surface area contributed by atoms with Gasteiger partial charge in [0.2, 0.25) is 11.8 Å². The second-order valence-corrected chi connectivity index (χ2v) is 10.3. The maximum atomic E-state index is 13.3. The van der Waals surface area contributed by atoms with Crippen LogP contribution in [0.2, 0.25) is 0 Å². The molecule has 4 aliphatic rings. The zero-order valence-corrected chi connectivity index (χ0v) is 18.7. The molecule has 6 nitrogen and oxygen atoms in total. The topological polar surface area (TPSA) is 87.3 Å². The van der Waals surface area contributed by atoms with E-state index in [2.05, 4.69) is 16.0 Å². The minimum Gasteiger partial charge on any atom is -0.353 e. The SMILES string of the molecule is CC(C)C(NC(=O)C12CC3CC(CC(C3)C1)C2)C(=O)NCCNC(=O)c1ccccc1. The molecule has 3 amide bonds. The molecule has 1 unspecified atom stereocenters. The van der Waals surface area contributed by atoms with Crippen molar-refractivity contribution in [1.82, 2.24) is 16.0 Å². The average Bonchev–Trinajstić information content (AvgIpc) is 2.74. The summed E-state index contributed by atoms with van der Waals surface area (Å²) in [5.74, 6) is 1.81. The monoisotopic (exact) mass is 425 g/mol. The number of nitrogens with one attached hydrogen (secondary N) is 3. The van der Waals surface area contributed by atoms with Gasteiger partial charge >= 0.3 is 0 Å². The highest BCUT2D eigenvalue weighted by molar-refractivity contribution is 5.94. The molecule has 5 rings (SSSR count). The Morgan fingerprint density at radius 2 is 1.45 bits per heavy atom. The summed E-state index contributed by atoms with van der Waals surface area (Å²) in [5.41, 5.74) is 0.336. The summed E-state index contributed by atoms with van der Waals surface area (Å²) < 4.78 is 0. The van der Waals surface area contributed by atoms with Crippen molar-refractivity contribution in [3.63, 3.8) is 0 Å². The van der Waals surface area contributed by atoms with E-state index >= 15 is 0 Å². The minimum absolute atomic E-state index is 0.00299. The van der Waals surface area contributed by atoms with Crippen LogP contribution in [0.4, 0.5) is 0 Å². The van der Waals surface area contributed by atoms with E-state index in [0.29, 0.717) is 36.4 Å². The van der Waals surface area contributed by atoms with Gasteiger partial charge in [-0.25, -0.2) is 0 Å². The van der Waals surface area contributed by atoms with Gasteiger partial charge in [0.15, 0.2) is 0 Å². The van der Waals surface area contributed by atoms with Crippen LogP contribution in [-0.2, 0) is 9.59 Å². The fraction of sp³-hybridized carbons (Fsp3) is 0.640. The highest BCUT2D eigenvalue weighted by atomic mass is 16.2. The Kier molecular flexibility index (Phi) is 6.35. The van der Waals surface area contributed by atoms with Crippen molar-refractivity contribution < 1.29 is 14.4 Å². The molecule has 0 aromatic heterocycles. The van der Waals surface area contributed by atoms with Gasteiger partial charge in [-0.3, -0.25) is 14.4 Å². The fourth-order valence-electron chi connectivity index (χ4n) is 6.38. The Morgan fingerprint density at radius 3 is 2.00 bits per heavy atom. The molecule has 0 aliphatic heterocycles. The van der Waals surface area contributed by atoms with Crippen LogP contribution in [0, 0.1) is 29.1 Å². The molecule has 0 saturated heterocycles. The van der Waals surface area contributed by atoms with Crippen molar-refractivity contribution in [3.05, 3.63) is 35.9 Å². The lowest BCUT2D eigenvalue weighted by Crippen LogP contribution is -2.58. The molecule has 0 heterocycles. The van der Waals surface area contributed by atoms with Gasteiger partial charge in [-0.2, -0.15) is 0 Å². The lowest BCUT2D eigenvalue weighted by molar-refractivity contribution is -0.149. The summed E-state index contributed by atoms with van der Waals surface area (Å²) in [6.45, 7) is 4.59. The first kappa shape index (κ1) is 21.8. The number of benzene rings is 1. The van der Waals surface area contributed by atoms with Gasteiger partial charge < -0.3 is 16.0 Å². The molecule has 0 radical (unpaired) electrons. The average molecular weight is 426 g/mol. The third-order valence-electron chi connectivity index (χ3n) is 7.50. The maximum Gasteiger partial charge on any atom is 0.251 e. The smallest absolute Gasteiger partial charge is 0.251 e. The van der Waals surface area contributed by atoms with Crippen LogP contribution in [-0.4, -0.2) is 36.9 Å². The Labute approximate surface area is 184 Å². The summed E-state index contributed by atoms with van der Waals surface area (Å²) >= 11 is 0. The van der Waals surface area contributed by atoms with Crippen LogP contribution in [0.25, 0.3) is 0 Å². The number of amides is 3. The first-order valence-corrected chi connectivity index (χ1v) is 11.8. The standard InChI is InChI=1S/C25H35N3O3/c1-16(2)21(23(30)27-9-8-26-22(29)20-6-4-3-5-7-20)28-24(31)25-13-17-10-18(14-25)12-19(11-17)15-25/h3-7,16-19,21H,8-15H2,1-2H3,(H,26,29)(H,27,30)(H,28,31). The normalized spacial score (nSPS) is 29.5.